The molecule has 0 aliphatic heterocycles. The molecule has 146 valence electrons. The van der Waals surface area contributed by atoms with E-state index in [1.807, 2.05) is 41.5 Å². The van der Waals surface area contributed by atoms with Crippen LogP contribution < -0.4 is 5.73 Å². The number of hydrogen-bond acceptors (Lipinski definition) is 4. The van der Waals surface area contributed by atoms with E-state index in [0.29, 0.717) is 18.8 Å². The van der Waals surface area contributed by atoms with Crippen LogP contribution >= 0.6 is 0 Å². The molecule has 0 aromatic heterocycles. The molecule has 0 aromatic carbocycles. The van der Waals surface area contributed by atoms with Gasteiger partial charge in [0.05, 0.1) is 12.1 Å². The minimum Gasteiger partial charge on any atom is -0.334 e. The van der Waals surface area contributed by atoms with Crippen molar-refractivity contribution in [3.8, 4) is 0 Å². The fraction of sp³-hybridized carbons (Fsp3) is 0.842. The van der Waals surface area contributed by atoms with Crippen molar-refractivity contribution in [1.82, 2.24) is 9.80 Å². The quantitative estimate of drug-likeness (QED) is 0.607. The zero-order chi connectivity index (χ0) is 19.9. The highest BCUT2D eigenvalue weighted by Crippen LogP contribution is 2.18. The number of carbonyl (C=O) groups excluding carboxylic acids is 3. The molecule has 0 fully saturated rings. The molecule has 0 bridgehead atoms. The van der Waals surface area contributed by atoms with Crippen molar-refractivity contribution in [1.29, 1.82) is 0 Å². The van der Waals surface area contributed by atoms with Crippen LogP contribution in [0.25, 0.3) is 0 Å². The summed E-state index contributed by atoms with van der Waals surface area (Å²) >= 11 is 0. The second-order valence-corrected chi connectivity index (χ2v) is 8.15. The first-order valence-electron chi connectivity index (χ1n) is 9.18. The maximum Gasteiger partial charge on any atom is 0.245 e. The number of nitrogens with two attached hydrogens (primary N) is 1. The maximum atomic E-state index is 13.0. The van der Waals surface area contributed by atoms with Crippen molar-refractivity contribution in [3.63, 3.8) is 0 Å². The summed E-state index contributed by atoms with van der Waals surface area (Å²) in [5.74, 6) is 0.0954. The molecule has 2 amide bonds. The molecule has 6 nitrogen and oxygen atoms in total. The van der Waals surface area contributed by atoms with Crippen molar-refractivity contribution >= 4 is 18.1 Å². The first-order chi connectivity index (χ1) is 11.4. The molecule has 0 radical (unpaired) electrons. The van der Waals surface area contributed by atoms with Gasteiger partial charge in [-0.05, 0) is 30.6 Å². The van der Waals surface area contributed by atoms with Gasteiger partial charge in [-0.15, -0.1) is 0 Å². The number of likely N-dealkylation sites (N-methyl/N-ethyl adjacent to an activating group) is 2. The molecule has 0 aliphatic carbocycles. The molecular weight excluding hydrogens is 318 g/mol. The summed E-state index contributed by atoms with van der Waals surface area (Å²) in [5.41, 5.74) is 6.03. The molecule has 0 saturated heterocycles. The number of nitrogens with zero attached hydrogens (tertiary/aromatic N) is 2. The van der Waals surface area contributed by atoms with Gasteiger partial charge >= 0.3 is 0 Å². The molecule has 0 saturated carbocycles. The lowest BCUT2D eigenvalue weighted by atomic mass is 9.97. The molecule has 0 unspecified atom stereocenters. The summed E-state index contributed by atoms with van der Waals surface area (Å²) in [7, 11) is 3.26. The van der Waals surface area contributed by atoms with Crippen LogP contribution in [0.5, 0.6) is 0 Å². The van der Waals surface area contributed by atoms with Gasteiger partial charge < -0.3 is 20.3 Å². The Morgan fingerprint density at radius 2 is 1.36 bits per heavy atom. The van der Waals surface area contributed by atoms with Gasteiger partial charge in [0.15, 0.2) is 0 Å². The second-order valence-electron chi connectivity index (χ2n) is 8.15. The van der Waals surface area contributed by atoms with Crippen LogP contribution in [0.1, 0.15) is 54.4 Å². The molecule has 0 rings (SSSR count). The Hall–Kier alpha value is -1.43. The molecule has 3 atom stereocenters. The Balaban J connectivity index is 5.43. The van der Waals surface area contributed by atoms with E-state index in [1.54, 1.807) is 14.1 Å². The highest BCUT2D eigenvalue weighted by molar-refractivity contribution is 5.90. The van der Waals surface area contributed by atoms with E-state index in [2.05, 4.69) is 0 Å². The Morgan fingerprint density at radius 1 is 0.880 bits per heavy atom. The smallest absolute Gasteiger partial charge is 0.245 e. The van der Waals surface area contributed by atoms with Crippen molar-refractivity contribution < 1.29 is 14.4 Å². The van der Waals surface area contributed by atoms with Gasteiger partial charge in [-0.1, -0.05) is 41.5 Å². The summed E-state index contributed by atoms with van der Waals surface area (Å²) in [6, 6.07) is -1.74. The molecule has 25 heavy (non-hydrogen) atoms. The molecule has 0 aliphatic rings. The number of hydrogen-bond donors (Lipinski definition) is 1. The summed E-state index contributed by atoms with van der Waals surface area (Å²) in [4.78, 5) is 40.0. The third kappa shape index (κ3) is 7.14. The van der Waals surface area contributed by atoms with Crippen LogP contribution in [0.2, 0.25) is 0 Å². The average molecular weight is 356 g/mol. The summed E-state index contributed by atoms with van der Waals surface area (Å²) in [6.45, 7) is 11.8. The Bertz CT molecular complexity index is 449. The summed E-state index contributed by atoms with van der Waals surface area (Å²) in [5, 5.41) is 0. The van der Waals surface area contributed by atoms with Gasteiger partial charge in [0.25, 0.3) is 0 Å². The van der Waals surface area contributed by atoms with Crippen LogP contribution in [-0.2, 0) is 14.4 Å². The third-order valence-electron chi connectivity index (χ3n) is 4.45. The predicted octanol–water partition coefficient (Wildman–Crippen LogP) is 1.91. The molecule has 0 spiro atoms. The third-order valence-corrected chi connectivity index (χ3v) is 4.45. The van der Waals surface area contributed by atoms with Crippen molar-refractivity contribution in [3.05, 3.63) is 0 Å². The topological polar surface area (TPSA) is 83.7 Å². The van der Waals surface area contributed by atoms with Crippen LogP contribution in [0.15, 0.2) is 0 Å². The van der Waals surface area contributed by atoms with E-state index in [-0.39, 0.29) is 23.7 Å². The van der Waals surface area contributed by atoms with Gasteiger partial charge in [0.2, 0.25) is 11.8 Å². The monoisotopic (exact) mass is 355 g/mol. The van der Waals surface area contributed by atoms with Gasteiger partial charge in [-0.2, -0.15) is 0 Å². The second kappa shape index (κ2) is 10.5. The minimum atomic E-state index is -0.621. The zero-order valence-corrected chi connectivity index (χ0v) is 17.2. The molecule has 0 heterocycles. The SMILES string of the molecule is CC(C)C[C@H](N)C(=O)N(C)[C@@H](CC(C)C)C(=O)N(C)[C@H](C=O)C(C)C. The lowest BCUT2D eigenvalue weighted by Gasteiger charge is -2.36. The summed E-state index contributed by atoms with van der Waals surface area (Å²) in [6.07, 6.45) is 1.90. The highest BCUT2D eigenvalue weighted by atomic mass is 16.2. The van der Waals surface area contributed by atoms with E-state index in [9.17, 15) is 14.4 Å². The predicted molar refractivity (Wildman–Crippen MR) is 101 cm³/mol. The van der Waals surface area contributed by atoms with Crippen LogP contribution in [0, 0.1) is 17.8 Å². The van der Waals surface area contributed by atoms with Crippen LogP contribution in [0.3, 0.4) is 0 Å². The number of carbonyl (C=O) groups is 3. The van der Waals surface area contributed by atoms with Crippen molar-refractivity contribution in [2.24, 2.45) is 23.5 Å². The summed E-state index contributed by atoms with van der Waals surface area (Å²) < 4.78 is 0. The first-order valence-corrected chi connectivity index (χ1v) is 9.18. The number of rotatable bonds is 10. The van der Waals surface area contributed by atoms with Crippen molar-refractivity contribution in [2.45, 2.75) is 72.5 Å². The largest absolute Gasteiger partial charge is 0.334 e. The van der Waals surface area contributed by atoms with E-state index in [1.165, 1.54) is 9.80 Å². The number of amides is 2. The number of aldehydes is 1. The standard InChI is InChI=1S/C19H37N3O3/c1-12(2)9-15(20)18(24)21(7)16(10-13(3)4)19(25)22(8)17(11-23)14(5)6/h11-17H,9-10,20H2,1-8H3/t15-,16-,17+/m0/s1. The normalized spacial score (nSPS) is 15.2. The average Bonchev–Trinajstić information content (AvgIpc) is 2.49. The lowest BCUT2D eigenvalue weighted by molar-refractivity contribution is -0.147. The van der Waals surface area contributed by atoms with E-state index in [0.717, 1.165) is 6.29 Å². The fourth-order valence-electron chi connectivity index (χ4n) is 2.97. The first kappa shape index (κ1) is 23.6. The van der Waals surface area contributed by atoms with E-state index < -0.39 is 18.1 Å². The van der Waals surface area contributed by atoms with Gasteiger partial charge in [0, 0.05) is 14.1 Å². The van der Waals surface area contributed by atoms with Crippen molar-refractivity contribution in [2.75, 3.05) is 14.1 Å². The van der Waals surface area contributed by atoms with E-state index >= 15 is 0 Å². The van der Waals surface area contributed by atoms with E-state index in [4.69, 9.17) is 5.73 Å². The molecule has 6 heteroatoms. The fourth-order valence-corrected chi connectivity index (χ4v) is 2.97. The Kier molecular flexibility index (Phi) is 9.93. The molecule has 2 N–H and O–H groups in total. The molecule has 0 aromatic rings. The maximum absolute atomic E-state index is 13.0. The van der Waals surface area contributed by atoms with Gasteiger partial charge in [0.1, 0.15) is 12.3 Å². The van der Waals surface area contributed by atoms with Crippen LogP contribution in [0.4, 0.5) is 0 Å². The van der Waals surface area contributed by atoms with Gasteiger partial charge in [-0.3, -0.25) is 9.59 Å². The Morgan fingerprint density at radius 3 is 1.72 bits per heavy atom. The zero-order valence-electron chi connectivity index (χ0n) is 17.2. The lowest BCUT2D eigenvalue weighted by Crippen LogP contribution is -2.55. The molecular formula is C19H37N3O3. The minimum absolute atomic E-state index is 0.00959. The highest BCUT2D eigenvalue weighted by Gasteiger charge is 2.34. The Labute approximate surface area is 153 Å². The van der Waals surface area contributed by atoms with Crippen LogP contribution in [-0.4, -0.2) is 60.1 Å². The van der Waals surface area contributed by atoms with Gasteiger partial charge in [-0.25, -0.2) is 0 Å².